The van der Waals surface area contributed by atoms with Crippen molar-refractivity contribution in [1.82, 2.24) is 4.98 Å². The van der Waals surface area contributed by atoms with Crippen molar-refractivity contribution < 1.29 is 0 Å². The normalized spacial score (nSPS) is 22.9. The van der Waals surface area contributed by atoms with E-state index >= 15 is 0 Å². The lowest BCUT2D eigenvalue weighted by Crippen LogP contribution is -2.28. The highest BCUT2D eigenvalue weighted by Crippen LogP contribution is 2.48. The molecule has 2 aliphatic carbocycles. The van der Waals surface area contributed by atoms with Crippen molar-refractivity contribution in [3.8, 4) is 6.07 Å². The predicted octanol–water partition coefficient (Wildman–Crippen LogP) is 7.03. The van der Waals surface area contributed by atoms with Crippen LogP contribution in [0, 0.1) is 11.3 Å². The van der Waals surface area contributed by atoms with Crippen LogP contribution in [0.2, 0.25) is 0 Å². The van der Waals surface area contributed by atoms with Gasteiger partial charge in [-0.2, -0.15) is 5.26 Å². The summed E-state index contributed by atoms with van der Waals surface area (Å²) in [6.07, 6.45) is 16.3. The Kier molecular flexibility index (Phi) is 4.92. The maximum absolute atomic E-state index is 9.64. The topological polar surface area (TPSA) is 39.9 Å². The second-order valence-electron chi connectivity index (χ2n) is 8.96. The van der Waals surface area contributed by atoms with Crippen LogP contribution in [0.4, 0.5) is 11.4 Å². The van der Waals surface area contributed by atoms with Crippen LogP contribution in [0.15, 0.2) is 97.2 Å². The molecule has 0 fully saturated rings. The lowest BCUT2D eigenvalue weighted by molar-refractivity contribution is 0.668. The highest BCUT2D eigenvalue weighted by molar-refractivity contribution is 5.78. The molecule has 0 amide bonds. The Labute approximate surface area is 195 Å². The number of nitriles is 1. The van der Waals surface area contributed by atoms with E-state index in [4.69, 9.17) is 0 Å². The minimum absolute atomic E-state index is 0.269. The van der Waals surface area contributed by atoms with Crippen molar-refractivity contribution in [2.45, 2.75) is 37.1 Å². The van der Waals surface area contributed by atoms with Gasteiger partial charge in [0.2, 0.25) is 0 Å². The lowest BCUT2D eigenvalue weighted by Gasteiger charge is -2.30. The van der Waals surface area contributed by atoms with E-state index in [1.54, 1.807) is 6.20 Å². The van der Waals surface area contributed by atoms with Gasteiger partial charge in [-0.1, -0.05) is 66.8 Å². The molecule has 1 aromatic heterocycles. The Morgan fingerprint density at radius 3 is 2.82 bits per heavy atom. The van der Waals surface area contributed by atoms with E-state index in [0.717, 1.165) is 24.8 Å². The Bertz CT molecular complexity index is 1340. The van der Waals surface area contributed by atoms with Crippen LogP contribution in [0.3, 0.4) is 0 Å². The van der Waals surface area contributed by atoms with Gasteiger partial charge in [0.1, 0.15) is 11.8 Å². The van der Waals surface area contributed by atoms with Crippen molar-refractivity contribution in [1.29, 1.82) is 5.26 Å². The Balaban J connectivity index is 1.42. The van der Waals surface area contributed by atoms with Gasteiger partial charge in [0.05, 0.1) is 6.04 Å². The molecule has 3 heteroatoms. The zero-order valence-electron chi connectivity index (χ0n) is 18.4. The summed E-state index contributed by atoms with van der Waals surface area (Å²) in [5.41, 5.74) is 7.94. The van der Waals surface area contributed by atoms with Gasteiger partial charge in [-0.3, -0.25) is 0 Å². The maximum Gasteiger partial charge on any atom is 0.147 e. The summed E-state index contributed by atoms with van der Waals surface area (Å²) in [7, 11) is 0. The van der Waals surface area contributed by atoms with Gasteiger partial charge in [0, 0.05) is 35.0 Å². The Morgan fingerprint density at radius 2 is 1.88 bits per heavy atom. The summed E-state index contributed by atoms with van der Waals surface area (Å²) in [5, 5.41) is 9.64. The van der Waals surface area contributed by atoms with Crippen LogP contribution in [-0.2, 0) is 0 Å². The quantitative estimate of drug-likeness (QED) is 0.450. The van der Waals surface area contributed by atoms with Crippen LogP contribution < -0.4 is 4.90 Å². The number of aromatic nitrogens is 1. The third-order valence-corrected chi connectivity index (χ3v) is 7.17. The number of pyridine rings is 1. The maximum atomic E-state index is 9.64. The van der Waals surface area contributed by atoms with Crippen LogP contribution in [0.1, 0.15) is 53.5 Å². The molecule has 0 bridgehead atoms. The number of nitrogens with zero attached hydrogens (tertiary/aromatic N) is 3. The van der Waals surface area contributed by atoms with Crippen molar-refractivity contribution >= 4 is 16.9 Å². The lowest BCUT2D eigenvalue weighted by atomic mass is 9.79. The van der Waals surface area contributed by atoms with E-state index in [2.05, 4.69) is 94.9 Å². The van der Waals surface area contributed by atoms with Crippen LogP contribution in [0.5, 0.6) is 0 Å². The molecule has 3 aliphatic rings. The number of fused-ring (bicyclic) bond motifs is 3. The third-order valence-electron chi connectivity index (χ3n) is 7.17. The number of para-hydroxylation sites is 1. The first-order valence-corrected chi connectivity index (χ1v) is 11.7. The standard InChI is InChI=1S/C30H25N3/c31-20-28-25(15-8-18-32-28)24-12-2-1-11-23(24)21-9-7-10-22(19-21)33-29-16-5-3-13-26(29)27-14-4-6-17-30(27)33/h3-10,12-19,23,26,29H,1-2,11H2. The first-order valence-electron chi connectivity index (χ1n) is 11.7. The predicted molar refractivity (Wildman–Crippen MR) is 133 cm³/mol. The number of rotatable bonds is 3. The molecule has 3 unspecified atom stereocenters. The summed E-state index contributed by atoms with van der Waals surface area (Å²) in [5.74, 6) is 0.652. The molecule has 160 valence electrons. The van der Waals surface area contributed by atoms with Gasteiger partial charge in [-0.25, -0.2) is 4.98 Å². The summed E-state index contributed by atoms with van der Waals surface area (Å²) < 4.78 is 0. The second-order valence-corrected chi connectivity index (χ2v) is 8.96. The van der Waals surface area contributed by atoms with E-state index in [-0.39, 0.29) is 5.92 Å². The Hall–Kier alpha value is -3.90. The molecule has 3 aromatic rings. The zero-order valence-corrected chi connectivity index (χ0v) is 18.4. The van der Waals surface area contributed by atoms with E-state index in [0.29, 0.717) is 17.7 Å². The minimum Gasteiger partial charge on any atom is -0.333 e. The van der Waals surface area contributed by atoms with Crippen molar-refractivity contribution in [2.75, 3.05) is 4.90 Å². The minimum atomic E-state index is 0.269. The molecule has 1 aliphatic heterocycles. The number of benzene rings is 2. The van der Waals surface area contributed by atoms with Gasteiger partial charge in [-0.15, -0.1) is 0 Å². The van der Waals surface area contributed by atoms with Crippen LogP contribution >= 0.6 is 0 Å². The van der Waals surface area contributed by atoms with Crippen LogP contribution in [-0.4, -0.2) is 11.0 Å². The smallest absolute Gasteiger partial charge is 0.147 e. The summed E-state index contributed by atoms with van der Waals surface area (Å²) >= 11 is 0. The Morgan fingerprint density at radius 1 is 0.970 bits per heavy atom. The van der Waals surface area contributed by atoms with E-state index in [9.17, 15) is 5.26 Å². The van der Waals surface area contributed by atoms with E-state index in [1.807, 2.05) is 12.1 Å². The monoisotopic (exact) mass is 427 g/mol. The van der Waals surface area contributed by atoms with Crippen molar-refractivity contribution in [3.05, 3.63) is 120 Å². The summed E-state index contributed by atoms with van der Waals surface area (Å²) in [4.78, 5) is 6.81. The molecule has 0 radical (unpaired) electrons. The molecular weight excluding hydrogens is 402 g/mol. The highest BCUT2D eigenvalue weighted by Gasteiger charge is 2.37. The fourth-order valence-corrected chi connectivity index (χ4v) is 5.73. The second kappa shape index (κ2) is 8.22. The molecule has 2 aromatic carbocycles. The molecule has 0 saturated heterocycles. The average Bonchev–Trinajstić information content (AvgIpc) is 3.23. The van der Waals surface area contributed by atoms with Crippen molar-refractivity contribution in [2.24, 2.45) is 0 Å². The van der Waals surface area contributed by atoms with Crippen molar-refractivity contribution in [3.63, 3.8) is 0 Å². The third kappa shape index (κ3) is 3.31. The first-order chi connectivity index (χ1) is 16.3. The van der Waals surface area contributed by atoms with Gasteiger partial charge in [-0.05, 0) is 60.2 Å². The number of anilines is 2. The first kappa shape index (κ1) is 19.8. The number of hydrogen-bond acceptors (Lipinski definition) is 3. The largest absolute Gasteiger partial charge is 0.333 e. The van der Waals surface area contributed by atoms with Gasteiger partial charge >= 0.3 is 0 Å². The fraction of sp³-hybridized carbons (Fsp3) is 0.200. The molecule has 3 atom stereocenters. The number of allylic oxidation sites excluding steroid dienone is 4. The van der Waals surface area contributed by atoms with E-state index < -0.39 is 0 Å². The fourth-order valence-electron chi connectivity index (χ4n) is 5.73. The average molecular weight is 428 g/mol. The number of hydrogen-bond donors (Lipinski definition) is 0. The zero-order chi connectivity index (χ0) is 22.2. The SMILES string of the molecule is N#Cc1ncccc1C1=CCCCC1c1cccc(N2c3ccccc3C3C=CC=CC32)c1. The van der Waals surface area contributed by atoms with Gasteiger partial charge in [0.15, 0.2) is 0 Å². The summed E-state index contributed by atoms with van der Waals surface area (Å²) in [6.45, 7) is 0. The molecule has 0 N–H and O–H groups in total. The molecule has 3 nitrogen and oxygen atoms in total. The molecule has 2 heterocycles. The molecule has 0 spiro atoms. The van der Waals surface area contributed by atoms with E-state index in [1.165, 1.54) is 28.1 Å². The van der Waals surface area contributed by atoms with Crippen LogP contribution in [0.25, 0.3) is 5.57 Å². The highest BCUT2D eigenvalue weighted by atomic mass is 15.2. The molecule has 0 saturated carbocycles. The van der Waals surface area contributed by atoms with Gasteiger partial charge < -0.3 is 4.90 Å². The summed E-state index contributed by atoms with van der Waals surface area (Å²) in [6, 6.07) is 24.3. The molecule has 33 heavy (non-hydrogen) atoms. The molecule has 6 rings (SSSR count). The van der Waals surface area contributed by atoms with Gasteiger partial charge in [0.25, 0.3) is 0 Å². The molecular formula is C30H25N3.